The zero-order valence-electron chi connectivity index (χ0n) is 14.8. The topological polar surface area (TPSA) is 77.4 Å². The van der Waals surface area contributed by atoms with Gasteiger partial charge in [-0.25, -0.2) is 0 Å². The fraction of sp³-hybridized carbons (Fsp3) is 0.556. The molecule has 1 aromatic carbocycles. The van der Waals surface area contributed by atoms with E-state index in [0.29, 0.717) is 19.0 Å². The van der Waals surface area contributed by atoms with Gasteiger partial charge in [-0.1, -0.05) is 13.8 Å². The van der Waals surface area contributed by atoms with Crippen LogP contribution < -0.4 is 15.5 Å². The van der Waals surface area contributed by atoms with Crippen LogP contribution >= 0.6 is 0 Å². The molecule has 0 unspecified atom stereocenters. The normalized spacial score (nSPS) is 13.5. The maximum atomic E-state index is 9.33. The van der Waals surface area contributed by atoms with Crippen molar-refractivity contribution in [1.82, 2.24) is 5.32 Å². The molecule has 6 heteroatoms. The Bertz CT molecular complexity index is 534. The van der Waals surface area contributed by atoms with Crippen molar-refractivity contribution < 1.29 is 9.53 Å². The number of carbonyl (C=O) groups is 1. The number of nitrogens with one attached hydrogen (secondary N) is 2. The molecule has 0 bridgehead atoms. The highest BCUT2D eigenvalue weighted by Gasteiger charge is 2.14. The van der Waals surface area contributed by atoms with Crippen LogP contribution in [0.5, 0.6) is 0 Å². The first-order valence-corrected chi connectivity index (χ1v) is 8.41. The molecule has 0 saturated carbocycles. The number of carbonyl (C=O) groups excluding carboxylic acids is 1. The molecule has 2 rings (SSSR count). The molecule has 1 saturated heterocycles. The largest absolute Gasteiger partial charge is 0.468 e. The smallest absolute Gasteiger partial charge is 0.293 e. The van der Waals surface area contributed by atoms with Crippen molar-refractivity contribution in [2.75, 3.05) is 49.5 Å². The van der Waals surface area contributed by atoms with Gasteiger partial charge in [0.15, 0.2) is 0 Å². The van der Waals surface area contributed by atoms with Crippen molar-refractivity contribution in [2.45, 2.75) is 20.8 Å². The molecule has 0 aromatic heterocycles. The van der Waals surface area contributed by atoms with Gasteiger partial charge in [0.2, 0.25) is 0 Å². The molecule has 0 atom stereocenters. The maximum Gasteiger partial charge on any atom is 0.293 e. The third-order valence-electron chi connectivity index (χ3n) is 3.52. The van der Waals surface area contributed by atoms with Gasteiger partial charge in [-0.15, -0.1) is 0 Å². The zero-order valence-corrected chi connectivity index (χ0v) is 14.8. The first kappa shape index (κ1) is 19.8. The van der Waals surface area contributed by atoms with E-state index in [1.807, 2.05) is 6.07 Å². The second-order valence-electron chi connectivity index (χ2n) is 5.91. The highest BCUT2D eigenvalue weighted by atomic mass is 16.5. The van der Waals surface area contributed by atoms with Crippen molar-refractivity contribution in [1.29, 1.82) is 5.26 Å². The van der Waals surface area contributed by atoms with Crippen LogP contribution in [0.25, 0.3) is 0 Å². The summed E-state index contributed by atoms with van der Waals surface area (Å²) in [6, 6.07) is 8.41. The maximum absolute atomic E-state index is 9.33. The van der Waals surface area contributed by atoms with Crippen LogP contribution in [0.3, 0.4) is 0 Å². The lowest BCUT2D eigenvalue weighted by atomic mass is 10.1. The number of rotatable bonds is 6. The van der Waals surface area contributed by atoms with Gasteiger partial charge in [0, 0.05) is 38.4 Å². The molecule has 1 aromatic rings. The summed E-state index contributed by atoms with van der Waals surface area (Å²) < 4.78 is 4.15. The monoisotopic (exact) mass is 332 g/mol. The highest BCUT2D eigenvalue weighted by molar-refractivity contribution is 5.65. The summed E-state index contributed by atoms with van der Waals surface area (Å²) >= 11 is 0. The third-order valence-corrected chi connectivity index (χ3v) is 3.52. The Hall–Kier alpha value is -2.26. The summed E-state index contributed by atoms with van der Waals surface area (Å²) in [5.74, 6) is 0.596. The lowest BCUT2D eigenvalue weighted by molar-refractivity contribution is -0.128. The fourth-order valence-electron chi connectivity index (χ4n) is 2.31. The average Bonchev–Trinajstić information content (AvgIpc) is 2.61. The summed E-state index contributed by atoms with van der Waals surface area (Å²) in [6.07, 6.45) is 0. The first-order valence-electron chi connectivity index (χ1n) is 8.41. The van der Waals surface area contributed by atoms with Crippen LogP contribution in [0.15, 0.2) is 18.2 Å². The number of anilines is 2. The minimum Gasteiger partial charge on any atom is -0.468 e. The van der Waals surface area contributed by atoms with E-state index < -0.39 is 0 Å². The standard InChI is InChI=1S/C15H22N4.C3H6O2/c1-12(2)11-18-14-3-4-15(13(9-14)10-16)19-7-5-17-6-8-19;1-2-5-3-4/h3-4,9,12,17-18H,5-8,11H2,1-2H3;3H,2H2,1H3. The predicted octanol–water partition coefficient (Wildman–Crippen LogP) is 2.22. The van der Waals surface area contributed by atoms with Crippen molar-refractivity contribution in [3.05, 3.63) is 23.8 Å². The second kappa shape index (κ2) is 11.3. The third kappa shape index (κ3) is 6.88. The van der Waals surface area contributed by atoms with E-state index in [-0.39, 0.29) is 0 Å². The van der Waals surface area contributed by atoms with Gasteiger partial charge in [-0.3, -0.25) is 4.79 Å². The van der Waals surface area contributed by atoms with Gasteiger partial charge in [-0.05, 0) is 31.0 Å². The molecule has 0 radical (unpaired) electrons. The Labute approximate surface area is 144 Å². The minimum atomic E-state index is 0.431. The Morgan fingerprint density at radius 3 is 2.62 bits per heavy atom. The number of hydrogen-bond acceptors (Lipinski definition) is 6. The second-order valence-corrected chi connectivity index (χ2v) is 5.91. The number of hydrogen-bond donors (Lipinski definition) is 2. The molecule has 6 nitrogen and oxygen atoms in total. The van der Waals surface area contributed by atoms with Crippen molar-refractivity contribution in [3.63, 3.8) is 0 Å². The summed E-state index contributed by atoms with van der Waals surface area (Å²) in [5, 5.41) is 16.0. The van der Waals surface area contributed by atoms with Crippen LogP contribution in [0.1, 0.15) is 26.3 Å². The first-order chi connectivity index (χ1) is 11.6. The van der Waals surface area contributed by atoms with Crippen LogP contribution in [-0.2, 0) is 9.53 Å². The molecular weight excluding hydrogens is 304 g/mol. The summed E-state index contributed by atoms with van der Waals surface area (Å²) in [6.45, 7) is 11.8. The van der Waals surface area contributed by atoms with E-state index in [9.17, 15) is 10.1 Å². The Kier molecular flexibility index (Phi) is 9.32. The Morgan fingerprint density at radius 2 is 2.12 bits per heavy atom. The van der Waals surface area contributed by atoms with E-state index in [1.54, 1.807) is 6.92 Å². The molecule has 1 aliphatic rings. The molecule has 0 amide bonds. The minimum absolute atomic E-state index is 0.431. The van der Waals surface area contributed by atoms with Crippen molar-refractivity contribution in [2.24, 2.45) is 5.92 Å². The summed E-state index contributed by atoms with van der Waals surface area (Å²) in [4.78, 5) is 11.5. The van der Waals surface area contributed by atoms with Crippen LogP contribution in [0.2, 0.25) is 0 Å². The molecule has 0 aliphatic carbocycles. The summed E-state index contributed by atoms with van der Waals surface area (Å²) in [7, 11) is 0. The van der Waals surface area contributed by atoms with Gasteiger partial charge >= 0.3 is 0 Å². The number of nitrogens with zero attached hydrogens (tertiary/aromatic N) is 2. The van der Waals surface area contributed by atoms with E-state index in [1.165, 1.54) is 0 Å². The van der Waals surface area contributed by atoms with Gasteiger partial charge < -0.3 is 20.3 Å². The number of benzene rings is 1. The van der Waals surface area contributed by atoms with Crippen molar-refractivity contribution in [3.8, 4) is 6.07 Å². The number of nitriles is 1. The van der Waals surface area contributed by atoms with Crippen molar-refractivity contribution >= 4 is 17.8 Å². The SMILES string of the molecule is CC(C)CNc1ccc(N2CCNCC2)c(C#N)c1.CCOC=O. The predicted molar refractivity (Wildman–Crippen MR) is 97.3 cm³/mol. The Morgan fingerprint density at radius 1 is 1.42 bits per heavy atom. The molecule has 24 heavy (non-hydrogen) atoms. The van der Waals surface area contributed by atoms with Gasteiger partial charge in [0.05, 0.1) is 17.9 Å². The van der Waals surface area contributed by atoms with Gasteiger partial charge in [0.1, 0.15) is 6.07 Å². The van der Waals surface area contributed by atoms with E-state index >= 15 is 0 Å². The van der Waals surface area contributed by atoms with Gasteiger partial charge in [0.25, 0.3) is 6.47 Å². The van der Waals surface area contributed by atoms with E-state index in [2.05, 4.69) is 52.3 Å². The molecular formula is C18H28N4O2. The molecule has 132 valence electrons. The Balaban J connectivity index is 0.000000505. The highest BCUT2D eigenvalue weighted by Crippen LogP contribution is 2.24. The molecule has 1 heterocycles. The number of ether oxygens (including phenoxy) is 1. The molecule has 2 N–H and O–H groups in total. The van der Waals surface area contributed by atoms with Crippen LogP contribution in [0, 0.1) is 17.2 Å². The summed E-state index contributed by atoms with van der Waals surface area (Å²) in [5.41, 5.74) is 2.85. The van der Waals surface area contributed by atoms with E-state index in [4.69, 9.17) is 0 Å². The number of piperazine rings is 1. The lowest BCUT2D eigenvalue weighted by Gasteiger charge is -2.30. The average molecular weight is 332 g/mol. The zero-order chi connectivity index (χ0) is 17.8. The van der Waals surface area contributed by atoms with Crippen LogP contribution in [0.4, 0.5) is 11.4 Å². The van der Waals surface area contributed by atoms with Gasteiger partial charge in [-0.2, -0.15) is 5.26 Å². The van der Waals surface area contributed by atoms with E-state index in [0.717, 1.165) is 49.7 Å². The van der Waals surface area contributed by atoms with Crippen LogP contribution in [-0.4, -0.2) is 45.8 Å². The molecule has 1 fully saturated rings. The fourth-order valence-corrected chi connectivity index (χ4v) is 2.31. The molecule has 0 spiro atoms. The molecule has 1 aliphatic heterocycles. The lowest BCUT2D eigenvalue weighted by Crippen LogP contribution is -2.43. The quantitative estimate of drug-likeness (QED) is 0.778.